The summed E-state index contributed by atoms with van der Waals surface area (Å²) in [6, 6.07) is 0.542. The molecule has 0 saturated carbocycles. The van der Waals surface area contributed by atoms with E-state index in [2.05, 4.69) is 9.47 Å². The summed E-state index contributed by atoms with van der Waals surface area (Å²) in [5, 5.41) is 10.1. The van der Waals surface area contributed by atoms with E-state index in [1.807, 2.05) is 0 Å². The molecule has 1 amide bonds. The Morgan fingerprint density at radius 1 is 1.52 bits per heavy atom. The van der Waals surface area contributed by atoms with Crippen molar-refractivity contribution in [1.29, 1.82) is 0 Å². The van der Waals surface area contributed by atoms with Crippen molar-refractivity contribution in [3.05, 3.63) is 32.8 Å². The van der Waals surface area contributed by atoms with Gasteiger partial charge in [0.1, 0.15) is 17.4 Å². The number of hydrogen-bond acceptors (Lipinski definition) is 5. The van der Waals surface area contributed by atoms with E-state index in [1.165, 1.54) is 14.0 Å². The largest absolute Gasteiger partial charge is 0.449 e. The maximum atomic E-state index is 14.1. The number of anilines is 1. The molecule has 0 aromatic heterocycles. The quantitative estimate of drug-likeness (QED) is 0.472. The maximum Gasteiger partial charge on any atom is 0.416 e. The Kier molecular flexibility index (Phi) is 5.79. The molecule has 0 aliphatic carbocycles. The fourth-order valence-corrected chi connectivity index (χ4v) is 1.77. The molecule has 0 fully saturated rings. The van der Waals surface area contributed by atoms with Crippen molar-refractivity contribution in [2.24, 2.45) is 0 Å². The number of benzene rings is 1. The second-order valence-electron chi connectivity index (χ2n) is 3.65. The SMILES string of the molecule is CCOC(=O)N(COC)c1c(F)cc(Cl)c([N+](=O)[O-])c1F. The molecule has 1 rings (SSSR count). The van der Waals surface area contributed by atoms with Gasteiger partial charge in [-0.2, -0.15) is 4.39 Å². The van der Waals surface area contributed by atoms with Crippen molar-refractivity contribution in [3.8, 4) is 0 Å². The van der Waals surface area contributed by atoms with E-state index in [-0.39, 0.29) is 6.61 Å². The summed E-state index contributed by atoms with van der Waals surface area (Å²) in [5.74, 6) is -2.84. The number of amides is 1. The van der Waals surface area contributed by atoms with Crippen LogP contribution in [0.3, 0.4) is 0 Å². The Hall–Kier alpha value is -2.00. The highest BCUT2D eigenvalue weighted by Crippen LogP contribution is 2.36. The van der Waals surface area contributed by atoms with Crippen LogP contribution in [0.4, 0.5) is 25.0 Å². The van der Waals surface area contributed by atoms with Crippen LogP contribution in [0.25, 0.3) is 0 Å². The Balaban J connectivity index is 3.47. The van der Waals surface area contributed by atoms with Crippen molar-refractivity contribution in [3.63, 3.8) is 0 Å². The number of ether oxygens (including phenoxy) is 2. The topological polar surface area (TPSA) is 81.9 Å². The molecule has 10 heteroatoms. The number of nitrogens with zero attached hydrogens (tertiary/aromatic N) is 2. The molecule has 0 spiro atoms. The average Bonchev–Trinajstić information content (AvgIpc) is 2.36. The molecule has 0 unspecified atom stereocenters. The summed E-state index contributed by atoms with van der Waals surface area (Å²) in [6.45, 7) is 0.864. The van der Waals surface area contributed by atoms with Gasteiger partial charge < -0.3 is 9.47 Å². The third-order valence-corrected chi connectivity index (χ3v) is 2.61. The predicted molar refractivity (Wildman–Crippen MR) is 69.4 cm³/mol. The van der Waals surface area contributed by atoms with E-state index in [0.717, 1.165) is 0 Å². The van der Waals surface area contributed by atoms with Crippen molar-refractivity contribution in [2.75, 3.05) is 25.3 Å². The van der Waals surface area contributed by atoms with E-state index >= 15 is 0 Å². The smallest absolute Gasteiger partial charge is 0.416 e. The van der Waals surface area contributed by atoms with Gasteiger partial charge in [-0.15, -0.1) is 0 Å². The number of nitro groups is 1. The summed E-state index contributed by atoms with van der Waals surface area (Å²) in [7, 11) is 1.17. The fraction of sp³-hybridized carbons (Fsp3) is 0.364. The lowest BCUT2D eigenvalue weighted by Crippen LogP contribution is -2.35. The van der Waals surface area contributed by atoms with Crippen LogP contribution in [-0.4, -0.2) is 31.5 Å². The maximum absolute atomic E-state index is 14.1. The zero-order valence-electron chi connectivity index (χ0n) is 11.1. The lowest BCUT2D eigenvalue weighted by atomic mass is 10.2. The zero-order chi connectivity index (χ0) is 16.2. The molecule has 21 heavy (non-hydrogen) atoms. The van der Waals surface area contributed by atoms with Gasteiger partial charge >= 0.3 is 11.8 Å². The Labute approximate surface area is 123 Å². The molecule has 116 valence electrons. The molecule has 0 bridgehead atoms. The van der Waals surface area contributed by atoms with Crippen LogP contribution in [0.2, 0.25) is 5.02 Å². The minimum Gasteiger partial charge on any atom is -0.449 e. The highest BCUT2D eigenvalue weighted by molar-refractivity contribution is 6.32. The van der Waals surface area contributed by atoms with Crippen LogP contribution in [-0.2, 0) is 9.47 Å². The summed E-state index contributed by atoms with van der Waals surface area (Å²) in [6.07, 6.45) is -1.12. The average molecular weight is 325 g/mol. The van der Waals surface area contributed by atoms with E-state index in [1.54, 1.807) is 0 Å². The van der Waals surface area contributed by atoms with Crippen LogP contribution in [0.15, 0.2) is 6.07 Å². The molecular weight excluding hydrogens is 314 g/mol. The molecular formula is C11H11ClF2N2O5. The minimum absolute atomic E-state index is 0.0576. The van der Waals surface area contributed by atoms with Gasteiger partial charge in [0.25, 0.3) is 0 Å². The number of halogens is 3. The Morgan fingerprint density at radius 2 is 2.14 bits per heavy atom. The van der Waals surface area contributed by atoms with Crippen molar-refractivity contribution in [2.45, 2.75) is 6.92 Å². The molecule has 0 aliphatic heterocycles. The molecule has 0 radical (unpaired) electrons. The summed E-state index contributed by atoms with van der Waals surface area (Å²) >= 11 is 5.44. The van der Waals surface area contributed by atoms with Crippen LogP contribution < -0.4 is 4.90 Å². The molecule has 0 heterocycles. The van der Waals surface area contributed by atoms with E-state index in [9.17, 15) is 23.7 Å². The molecule has 0 N–H and O–H groups in total. The van der Waals surface area contributed by atoms with Crippen LogP contribution in [0, 0.1) is 21.7 Å². The van der Waals surface area contributed by atoms with Gasteiger partial charge in [-0.3, -0.25) is 10.1 Å². The lowest BCUT2D eigenvalue weighted by molar-refractivity contribution is -0.387. The summed E-state index contributed by atoms with van der Waals surface area (Å²) in [4.78, 5) is 21.8. The van der Waals surface area contributed by atoms with Crippen LogP contribution >= 0.6 is 11.6 Å². The minimum atomic E-state index is -1.59. The number of carbonyl (C=O) groups is 1. The number of carbonyl (C=O) groups excluding carboxylic acids is 1. The molecule has 0 aliphatic rings. The fourth-order valence-electron chi connectivity index (χ4n) is 1.52. The monoisotopic (exact) mass is 324 g/mol. The van der Waals surface area contributed by atoms with Gasteiger partial charge in [-0.25, -0.2) is 14.1 Å². The van der Waals surface area contributed by atoms with Gasteiger partial charge in [-0.1, -0.05) is 11.6 Å². The van der Waals surface area contributed by atoms with Gasteiger partial charge in [0, 0.05) is 13.2 Å². The Morgan fingerprint density at radius 3 is 2.62 bits per heavy atom. The van der Waals surface area contributed by atoms with Gasteiger partial charge in [-0.05, 0) is 6.92 Å². The molecule has 0 saturated heterocycles. The highest BCUT2D eigenvalue weighted by atomic mass is 35.5. The molecule has 1 aromatic carbocycles. The molecule has 0 atom stereocenters. The second-order valence-corrected chi connectivity index (χ2v) is 4.06. The second kappa shape index (κ2) is 7.14. The van der Waals surface area contributed by atoms with E-state index in [4.69, 9.17) is 11.6 Å². The van der Waals surface area contributed by atoms with Crippen molar-refractivity contribution < 1.29 is 28.0 Å². The summed E-state index contributed by atoms with van der Waals surface area (Å²) in [5.41, 5.74) is -2.11. The first-order valence-electron chi connectivity index (χ1n) is 5.60. The number of hydrogen-bond donors (Lipinski definition) is 0. The van der Waals surface area contributed by atoms with Gasteiger partial charge in [0.15, 0.2) is 5.82 Å². The molecule has 7 nitrogen and oxygen atoms in total. The van der Waals surface area contributed by atoms with Crippen molar-refractivity contribution in [1.82, 2.24) is 0 Å². The van der Waals surface area contributed by atoms with Gasteiger partial charge in [0.05, 0.1) is 11.5 Å². The first-order chi connectivity index (χ1) is 9.84. The van der Waals surface area contributed by atoms with E-state index in [0.29, 0.717) is 11.0 Å². The standard InChI is InChI=1S/C11H11ClF2N2O5/c1-3-21-11(17)15(5-20-2)10-7(13)4-6(12)9(8(10)14)16(18)19/h4H,3,5H2,1-2H3. The first kappa shape index (κ1) is 17.1. The van der Waals surface area contributed by atoms with E-state index < -0.39 is 45.8 Å². The van der Waals surface area contributed by atoms with Crippen LogP contribution in [0.5, 0.6) is 0 Å². The van der Waals surface area contributed by atoms with Crippen LogP contribution in [0.1, 0.15) is 6.92 Å². The number of methoxy groups -OCH3 is 1. The zero-order valence-corrected chi connectivity index (χ0v) is 11.8. The number of nitro benzene ring substituents is 1. The third kappa shape index (κ3) is 3.56. The van der Waals surface area contributed by atoms with Gasteiger partial charge in [0.2, 0.25) is 5.82 Å². The third-order valence-electron chi connectivity index (χ3n) is 2.32. The Bertz CT molecular complexity index is 570. The molecule has 1 aromatic rings. The van der Waals surface area contributed by atoms with Crippen molar-refractivity contribution >= 4 is 29.1 Å². The summed E-state index contributed by atoms with van der Waals surface area (Å²) < 4.78 is 37.3. The first-order valence-corrected chi connectivity index (χ1v) is 5.98. The highest BCUT2D eigenvalue weighted by Gasteiger charge is 2.32. The normalized spacial score (nSPS) is 10.3. The lowest BCUT2D eigenvalue weighted by Gasteiger charge is -2.21. The number of rotatable bonds is 5. The predicted octanol–water partition coefficient (Wildman–Crippen LogP) is 3.09.